The zero-order chi connectivity index (χ0) is 36.0. The van der Waals surface area contributed by atoms with Gasteiger partial charge in [0.25, 0.3) is 5.91 Å². The van der Waals surface area contributed by atoms with Gasteiger partial charge in [0.1, 0.15) is 10.9 Å². The van der Waals surface area contributed by atoms with Gasteiger partial charge in [0, 0.05) is 63.1 Å². The van der Waals surface area contributed by atoms with Crippen LogP contribution in [0.3, 0.4) is 0 Å². The molecule has 5 atom stereocenters. The molecule has 1 unspecified atom stereocenters. The molecule has 0 bridgehead atoms. The molecule has 1 saturated carbocycles. The molecule has 5 aliphatic rings. The molecule has 4 amide bonds. The first-order chi connectivity index (χ1) is 23.7. The number of amides is 4. The van der Waals surface area contributed by atoms with Gasteiger partial charge in [-0.15, -0.1) is 11.3 Å². The minimum atomic E-state index is -0.963. The number of carbonyl (C=O) groups excluding carboxylic acids is 4. The quantitative estimate of drug-likeness (QED) is 0.334. The van der Waals surface area contributed by atoms with Crippen LogP contribution in [0.5, 0.6) is 0 Å². The number of aliphatic hydroxyl groups is 1. The molecule has 0 aromatic carbocycles. The highest BCUT2D eigenvalue weighted by atomic mass is 32.1. The molecule has 3 aliphatic heterocycles. The van der Waals surface area contributed by atoms with Crippen LogP contribution in [-0.2, 0) is 23.9 Å². The van der Waals surface area contributed by atoms with Gasteiger partial charge in [0.15, 0.2) is 0 Å². The number of allylic oxidation sites excluding steroid dienone is 2. The van der Waals surface area contributed by atoms with E-state index < -0.39 is 28.9 Å². The monoisotopic (exact) mass is 713 g/mol. The van der Waals surface area contributed by atoms with Crippen molar-refractivity contribution < 1.29 is 33.8 Å². The van der Waals surface area contributed by atoms with Crippen LogP contribution in [0, 0.1) is 41.9 Å². The molecule has 1 spiro atoms. The van der Waals surface area contributed by atoms with Crippen LogP contribution in [0.1, 0.15) is 79.7 Å². The van der Waals surface area contributed by atoms with Crippen molar-refractivity contribution in [3.05, 3.63) is 27.7 Å². The summed E-state index contributed by atoms with van der Waals surface area (Å²) in [5.74, 6) is -1.20. The van der Waals surface area contributed by atoms with Crippen molar-refractivity contribution in [3.63, 3.8) is 0 Å². The fraction of sp³-hybridized carbons (Fsp3) is 0.757. The first-order valence-corrected chi connectivity index (χ1v) is 19.0. The Bertz CT molecular complexity index is 1500. The van der Waals surface area contributed by atoms with E-state index in [0.717, 1.165) is 24.3 Å². The highest BCUT2D eigenvalue weighted by molar-refractivity contribution is 7.13. The minimum absolute atomic E-state index is 0.0141. The van der Waals surface area contributed by atoms with Crippen molar-refractivity contribution in [2.45, 2.75) is 91.4 Å². The summed E-state index contributed by atoms with van der Waals surface area (Å²) < 4.78 is 11.9. The molecule has 1 aromatic rings. The van der Waals surface area contributed by atoms with Gasteiger partial charge in [-0.05, 0) is 64.7 Å². The second kappa shape index (κ2) is 14.3. The topological polar surface area (TPSA) is 142 Å². The lowest BCUT2D eigenvalue weighted by molar-refractivity contribution is -0.153. The van der Waals surface area contributed by atoms with E-state index in [9.17, 15) is 24.3 Å². The summed E-state index contributed by atoms with van der Waals surface area (Å²) in [5.41, 5.74) is -0.395. The smallest absolute Gasteiger partial charge is 0.265 e. The van der Waals surface area contributed by atoms with Crippen LogP contribution >= 0.6 is 11.3 Å². The average Bonchev–Trinajstić information content (AvgIpc) is 3.38. The molecule has 4 heterocycles. The van der Waals surface area contributed by atoms with Crippen molar-refractivity contribution in [2.24, 2.45) is 28.1 Å². The summed E-state index contributed by atoms with van der Waals surface area (Å²) in [6.07, 6.45) is 8.17. The van der Waals surface area contributed by atoms with E-state index in [0.29, 0.717) is 62.6 Å². The second-order valence-electron chi connectivity index (χ2n) is 16.3. The number of ether oxygens (including phenoxy) is 2. The van der Waals surface area contributed by atoms with E-state index in [1.54, 1.807) is 16.9 Å². The summed E-state index contributed by atoms with van der Waals surface area (Å²) in [4.78, 5) is 66.4. The van der Waals surface area contributed by atoms with E-state index in [1.807, 2.05) is 25.7 Å². The number of carbonyl (C=O) groups is 4. The molecule has 1 aromatic heterocycles. The van der Waals surface area contributed by atoms with E-state index in [2.05, 4.69) is 36.3 Å². The molecule has 50 heavy (non-hydrogen) atoms. The van der Waals surface area contributed by atoms with Crippen LogP contribution < -0.4 is 5.32 Å². The van der Waals surface area contributed by atoms with Crippen molar-refractivity contribution in [2.75, 3.05) is 59.6 Å². The second-order valence-corrected chi connectivity index (χ2v) is 17.5. The predicted octanol–water partition coefficient (Wildman–Crippen LogP) is 2.95. The Labute approximate surface area is 299 Å². The molecule has 13 heteroatoms. The number of methoxy groups -OCH3 is 1. The van der Waals surface area contributed by atoms with Gasteiger partial charge in [-0.1, -0.05) is 26.0 Å². The third kappa shape index (κ3) is 7.25. The average molecular weight is 714 g/mol. The van der Waals surface area contributed by atoms with Crippen LogP contribution in [0.15, 0.2) is 12.2 Å². The highest BCUT2D eigenvalue weighted by Crippen LogP contribution is 2.54. The van der Waals surface area contributed by atoms with Gasteiger partial charge >= 0.3 is 0 Å². The summed E-state index contributed by atoms with van der Waals surface area (Å²) in [5, 5.41) is 14.2. The molecular weight excluding hydrogens is 659 g/mol. The number of nitrogens with one attached hydrogen (secondary N) is 1. The van der Waals surface area contributed by atoms with Gasteiger partial charge in [-0.2, -0.15) is 0 Å². The number of nitrogens with zero attached hydrogens (tertiary/aromatic N) is 4. The van der Waals surface area contributed by atoms with Crippen LogP contribution in [0.4, 0.5) is 0 Å². The van der Waals surface area contributed by atoms with Crippen molar-refractivity contribution in [1.29, 1.82) is 0 Å². The molecule has 2 N–H and O–H groups in total. The maximum Gasteiger partial charge on any atom is 0.265 e. The van der Waals surface area contributed by atoms with Crippen molar-refractivity contribution in [3.8, 4) is 0 Å². The molecule has 3 saturated heterocycles. The predicted molar refractivity (Wildman–Crippen MR) is 188 cm³/mol. The summed E-state index contributed by atoms with van der Waals surface area (Å²) in [6, 6.07) is -0.963. The first kappa shape index (κ1) is 36.9. The number of aliphatic hydroxyl groups excluding tert-OH is 1. The number of rotatable bonds is 11. The minimum Gasteiger partial charge on any atom is -0.396 e. The lowest BCUT2D eigenvalue weighted by Gasteiger charge is -2.50. The number of thiazole rings is 1. The van der Waals surface area contributed by atoms with E-state index >= 15 is 0 Å². The third-order valence-electron chi connectivity index (χ3n) is 12.2. The lowest BCUT2D eigenvalue weighted by Crippen LogP contribution is -2.65. The van der Waals surface area contributed by atoms with Gasteiger partial charge in [0.05, 0.1) is 42.0 Å². The van der Waals surface area contributed by atoms with Crippen molar-refractivity contribution >= 4 is 35.0 Å². The van der Waals surface area contributed by atoms with Gasteiger partial charge < -0.3 is 34.6 Å². The Balaban J connectivity index is 1.22. The number of likely N-dealkylation sites (tertiary alicyclic amines) is 3. The lowest BCUT2D eigenvalue weighted by atomic mass is 9.70. The standard InChI is InChI=1S/C37H55N5O7S/c1-23-30(50-25(3)38-23)34(47)41-17-28(37(18-41)19-42(20-37)32(45)27-16-35(27,4)5)31(44)39-29(33(46)40-14-10-26(48-6)11-15-40)24(2)49-22-36(21-43)12-8-7-9-13-36/h7-8,24,26-29,43H,9-22H2,1-6H3,(H,39,44)/t24-,27-,28+,29+,36?/m1/s1. The SMILES string of the molecule is COC1CCN(C(=O)[C@@H](NC(=O)[C@@H]2CN(C(=O)c3sc(C)nc3C)CC23CN(C(=O)[C@H]2CC2(C)C)C3)[C@@H](C)OCC2(CO)CC=CCC2)CC1. The summed E-state index contributed by atoms with van der Waals surface area (Å²) >= 11 is 1.35. The van der Waals surface area contributed by atoms with E-state index in [1.165, 1.54) is 11.3 Å². The Kier molecular flexibility index (Phi) is 10.5. The number of piperidine rings is 1. The number of hydrogen-bond donors (Lipinski definition) is 2. The first-order valence-electron chi connectivity index (χ1n) is 18.2. The summed E-state index contributed by atoms with van der Waals surface area (Å²) in [7, 11) is 1.68. The molecule has 0 radical (unpaired) electrons. The van der Waals surface area contributed by atoms with Crippen LogP contribution in [-0.4, -0.2) is 126 Å². The molecular formula is C37H55N5O7S. The zero-order valence-electron chi connectivity index (χ0n) is 30.5. The Morgan fingerprint density at radius 2 is 1.74 bits per heavy atom. The fourth-order valence-electron chi connectivity index (χ4n) is 8.47. The third-order valence-corrected chi connectivity index (χ3v) is 13.2. The number of hydrogen-bond acceptors (Lipinski definition) is 9. The van der Waals surface area contributed by atoms with Gasteiger partial charge in [0.2, 0.25) is 17.7 Å². The van der Waals surface area contributed by atoms with E-state index in [4.69, 9.17) is 9.47 Å². The Morgan fingerprint density at radius 1 is 1.06 bits per heavy atom. The summed E-state index contributed by atoms with van der Waals surface area (Å²) in [6.45, 7) is 12.3. The highest BCUT2D eigenvalue weighted by Gasteiger charge is 2.62. The van der Waals surface area contributed by atoms with Gasteiger partial charge in [-0.3, -0.25) is 19.2 Å². The van der Waals surface area contributed by atoms with E-state index in [-0.39, 0.29) is 60.8 Å². The molecule has 2 aliphatic carbocycles. The largest absolute Gasteiger partial charge is 0.396 e. The van der Waals surface area contributed by atoms with Gasteiger partial charge in [-0.25, -0.2) is 4.98 Å². The van der Waals surface area contributed by atoms with Crippen LogP contribution in [0.25, 0.3) is 0 Å². The number of aromatic nitrogens is 1. The molecule has 12 nitrogen and oxygen atoms in total. The molecule has 276 valence electrons. The van der Waals surface area contributed by atoms with Crippen LogP contribution in [0.2, 0.25) is 0 Å². The zero-order valence-corrected chi connectivity index (χ0v) is 31.4. The fourth-order valence-corrected chi connectivity index (χ4v) is 9.35. The van der Waals surface area contributed by atoms with Crippen molar-refractivity contribution in [1.82, 2.24) is 25.0 Å². The Hall–Kier alpha value is -2.87. The number of aryl methyl sites for hydroxylation is 2. The normalized spacial score (nSPS) is 28.3. The maximum absolute atomic E-state index is 14.5. The molecule has 6 rings (SSSR count). The molecule has 4 fully saturated rings. The Morgan fingerprint density at radius 3 is 2.30 bits per heavy atom. The maximum atomic E-state index is 14.5.